The Morgan fingerprint density at radius 3 is 2.50 bits per heavy atom. The Hall–Kier alpha value is -3.03. The average molecular weight is 333 g/mol. The summed E-state index contributed by atoms with van der Waals surface area (Å²) >= 11 is 0. The molecular weight excluding hydrogens is 323 g/mol. The molecule has 5 nitrogen and oxygen atoms in total. The van der Waals surface area contributed by atoms with Crippen molar-refractivity contribution in [2.75, 3.05) is 0 Å². The normalized spacial score (nSPS) is 11.7. The predicted molar refractivity (Wildman–Crippen MR) is 81.4 cm³/mol. The minimum Gasteiger partial charge on any atom is -0.258 e. The number of aromatic nitrogens is 2. The SMILES string of the molecule is Cc1cc(-c2ncc3cc(C(F)(F)F)ccc3n2)ccc1[N+](=O)[O-]. The van der Waals surface area contributed by atoms with Gasteiger partial charge in [-0.15, -0.1) is 0 Å². The fourth-order valence-corrected chi connectivity index (χ4v) is 2.35. The highest BCUT2D eigenvalue weighted by Gasteiger charge is 2.30. The molecule has 2 aromatic carbocycles. The molecular formula is C16H10F3N3O2. The van der Waals surface area contributed by atoms with E-state index in [0.29, 0.717) is 22.5 Å². The molecule has 8 heteroatoms. The summed E-state index contributed by atoms with van der Waals surface area (Å²) in [6.07, 6.45) is -3.12. The minimum absolute atomic E-state index is 0.0191. The number of alkyl halides is 3. The fraction of sp³-hybridized carbons (Fsp3) is 0.125. The van der Waals surface area contributed by atoms with Crippen molar-refractivity contribution in [1.82, 2.24) is 9.97 Å². The number of hydrogen-bond acceptors (Lipinski definition) is 4. The molecule has 0 atom stereocenters. The first kappa shape index (κ1) is 15.9. The zero-order valence-corrected chi connectivity index (χ0v) is 12.3. The number of nitro benzene ring substituents is 1. The van der Waals surface area contributed by atoms with E-state index in [1.54, 1.807) is 13.0 Å². The van der Waals surface area contributed by atoms with Gasteiger partial charge in [0.1, 0.15) is 0 Å². The van der Waals surface area contributed by atoms with E-state index in [9.17, 15) is 23.3 Å². The lowest BCUT2D eigenvalue weighted by Gasteiger charge is -2.08. The van der Waals surface area contributed by atoms with Crippen LogP contribution in [0.1, 0.15) is 11.1 Å². The number of benzene rings is 2. The van der Waals surface area contributed by atoms with Crippen LogP contribution >= 0.6 is 0 Å². The molecule has 0 spiro atoms. The molecule has 3 rings (SSSR count). The molecule has 0 aliphatic rings. The summed E-state index contributed by atoms with van der Waals surface area (Å²) in [5, 5.41) is 11.1. The number of aryl methyl sites for hydroxylation is 1. The lowest BCUT2D eigenvalue weighted by atomic mass is 10.1. The van der Waals surface area contributed by atoms with Crippen LogP contribution in [0.5, 0.6) is 0 Å². The molecule has 1 heterocycles. The molecule has 24 heavy (non-hydrogen) atoms. The summed E-state index contributed by atoms with van der Waals surface area (Å²) in [5.41, 5.74) is 0.587. The van der Waals surface area contributed by atoms with E-state index in [0.717, 1.165) is 12.1 Å². The van der Waals surface area contributed by atoms with Crippen molar-refractivity contribution < 1.29 is 18.1 Å². The van der Waals surface area contributed by atoms with Gasteiger partial charge in [0.05, 0.1) is 16.0 Å². The summed E-state index contributed by atoms with van der Waals surface area (Å²) in [4.78, 5) is 18.7. The third-order valence-electron chi connectivity index (χ3n) is 3.56. The number of nitrogens with zero attached hydrogens (tertiary/aromatic N) is 3. The van der Waals surface area contributed by atoms with Gasteiger partial charge in [-0.3, -0.25) is 10.1 Å². The van der Waals surface area contributed by atoms with Crippen LogP contribution < -0.4 is 0 Å². The molecule has 0 amide bonds. The predicted octanol–water partition coefficient (Wildman–Crippen LogP) is 4.53. The molecule has 0 N–H and O–H groups in total. The molecule has 0 bridgehead atoms. The molecule has 0 unspecified atom stereocenters. The standard InChI is InChI=1S/C16H10F3N3O2/c1-9-6-10(2-5-14(9)22(23)24)15-20-8-11-7-12(16(17,18)19)3-4-13(11)21-15/h2-8H,1H3. The van der Waals surface area contributed by atoms with Crippen LogP contribution in [0.2, 0.25) is 0 Å². The number of hydrogen-bond donors (Lipinski definition) is 0. The van der Waals surface area contributed by atoms with Crippen molar-refractivity contribution in [2.45, 2.75) is 13.1 Å². The Bertz CT molecular complexity index is 955. The van der Waals surface area contributed by atoms with E-state index in [2.05, 4.69) is 9.97 Å². The molecule has 0 saturated heterocycles. The van der Waals surface area contributed by atoms with Crippen molar-refractivity contribution in [3.05, 3.63) is 63.8 Å². The van der Waals surface area contributed by atoms with Gasteiger partial charge < -0.3 is 0 Å². The molecule has 3 aromatic rings. The number of rotatable bonds is 2. The van der Waals surface area contributed by atoms with E-state index >= 15 is 0 Å². The maximum atomic E-state index is 12.7. The number of fused-ring (bicyclic) bond motifs is 1. The maximum Gasteiger partial charge on any atom is 0.416 e. The summed E-state index contributed by atoms with van der Waals surface area (Å²) in [7, 11) is 0. The van der Waals surface area contributed by atoms with Crippen LogP contribution in [-0.4, -0.2) is 14.9 Å². The molecule has 1 aromatic heterocycles. The van der Waals surface area contributed by atoms with Crippen molar-refractivity contribution in [3.8, 4) is 11.4 Å². The Balaban J connectivity index is 2.05. The summed E-state index contributed by atoms with van der Waals surface area (Å²) in [6.45, 7) is 1.60. The highest BCUT2D eigenvalue weighted by molar-refractivity contribution is 5.80. The maximum absolute atomic E-state index is 12.7. The summed E-state index contributed by atoms with van der Waals surface area (Å²) in [5.74, 6) is 0.292. The van der Waals surface area contributed by atoms with Crippen LogP contribution in [0.4, 0.5) is 18.9 Å². The first-order valence-corrected chi connectivity index (χ1v) is 6.85. The van der Waals surface area contributed by atoms with E-state index in [-0.39, 0.29) is 11.1 Å². The van der Waals surface area contributed by atoms with Crippen molar-refractivity contribution >= 4 is 16.6 Å². The van der Waals surface area contributed by atoms with E-state index in [1.807, 2.05) is 0 Å². The van der Waals surface area contributed by atoms with Gasteiger partial charge in [0.2, 0.25) is 0 Å². The van der Waals surface area contributed by atoms with Crippen LogP contribution in [0, 0.1) is 17.0 Å². The zero-order valence-electron chi connectivity index (χ0n) is 12.3. The van der Waals surface area contributed by atoms with Gasteiger partial charge in [0, 0.05) is 28.8 Å². The van der Waals surface area contributed by atoms with Gasteiger partial charge in [-0.05, 0) is 37.3 Å². The van der Waals surface area contributed by atoms with Gasteiger partial charge in [0.15, 0.2) is 5.82 Å². The van der Waals surface area contributed by atoms with Gasteiger partial charge in [0.25, 0.3) is 5.69 Å². The fourth-order valence-electron chi connectivity index (χ4n) is 2.35. The second kappa shape index (κ2) is 5.55. The topological polar surface area (TPSA) is 68.9 Å². The molecule has 122 valence electrons. The molecule has 0 radical (unpaired) electrons. The quantitative estimate of drug-likeness (QED) is 0.510. The van der Waals surface area contributed by atoms with E-state index < -0.39 is 16.7 Å². The summed E-state index contributed by atoms with van der Waals surface area (Å²) in [6, 6.07) is 7.66. The molecule has 0 aliphatic carbocycles. The minimum atomic E-state index is -4.43. The lowest BCUT2D eigenvalue weighted by Crippen LogP contribution is -2.04. The van der Waals surface area contributed by atoms with Crippen LogP contribution in [-0.2, 0) is 6.18 Å². The van der Waals surface area contributed by atoms with Gasteiger partial charge in [-0.1, -0.05) is 0 Å². The summed E-state index contributed by atoms with van der Waals surface area (Å²) < 4.78 is 38.1. The smallest absolute Gasteiger partial charge is 0.258 e. The van der Waals surface area contributed by atoms with E-state index in [1.165, 1.54) is 24.4 Å². The lowest BCUT2D eigenvalue weighted by molar-refractivity contribution is -0.385. The van der Waals surface area contributed by atoms with Gasteiger partial charge >= 0.3 is 6.18 Å². The monoisotopic (exact) mass is 333 g/mol. The molecule has 0 saturated carbocycles. The average Bonchev–Trinajstić information content (AvgIpc) is 2.52. The Morgan fingerprint density at radius 1 is 1.12 bits per heavy atom. The van der Waals surface area contributed by atoms with Crippen LogP contribution in [0.3, 0.4) is 0 Å². The highest BCUT2D eigenvalue weighted by atomic mass is 19.4. The van der Waals surface area contributed by atoms with E-state index in [4.69, 9.17) is 0 Å². The first-order chi connectivity index (χ1) is 11.3. The molecule has 0 fully saturated rings. The third-order valence-corrected chi connectivity index (χ3v) is 3.56. The van der Waals surface area contributed by atoms with Gasteiger partial charge in [-0.25, -0.2) is 9.97 Å². The van der Waals surface area contributed by atoms with Crippen molar-refractivity contribution in [2.24, 2.45) is 0 Å². The number of nitro groups is 1. The van der Waals surface area contributed by atoms with Crippen LogP contribution in [0.25, 0.3) is 22.3 Å². The second-order valence-corrected chi connectivity index (χ2v) is 5.22. The highest BCUT2D eigenvalue weighted by Crippen LogP contribution is 2.31. The van der Waals surface area contributed by atoms with Gasteiger partial charge in [-0.2, -0.15) is 13.2 Å². The van der Waals surface area contributed by atoms with Crippen molar-refractivity contribution in [3.63, 3.8) is 0 Å². The third kappa shape index (κ3) is 2.90. The molecule has 0 aliphatic heterocycles. The Morgan fingerprint density at radius 2 is 1.88 bits per heavy atom. The zero-order chi connectivity index (χ0) is 17.5. The number of halogens is 3. The van der Waals surface area contributed by atoms with Crippen LogP contribution in [0.15, 0.2) is 42.6 Å². The first-order valence-electron chi connectivity index (χ1n) is 6.85. The largest absolute Gasteiger partial charge is 0.416 e. The Labute approximate surface area is 133 Å². The Kier molecular flexibility index (Phi) is 3.67. The second-order valence-electron chi connectivity index (χ2n) is 5.22. The van der Waals surface area contributed by atoms with Crippen molar-refractivity contribution in [1.29, 1.82) is 0 Å².